The van der Waals surface area contributed by atoms with Crippen LogP contribution in [0.2, 0.25) is 0 Å². The van der Waals surface area contributed by atoms with E-state index in [1.165, 1.54) is 5.56 Å². The number of nitrogens with zero attached hydrogens (tertiary/aromatic N) is 2. The van der Waals surface area contributed by atoms with Crippen molar-refractivity contribution in [1.82, 2.24) is 9.97 Å². The van der Waals surface area contributed by atoms with Gasteiger partial charge in [-0.25, -0.2) is 9.97 Å². The van der Waals surface area contributed by atoms with Gasteiger partial charge in [0, 0.05) is 24.4 Å². The van der Waals surface area contributed by atoms with Gasteiger partial charge in [0.1, 0.15) is 11.9 Å². The summed E-state index contributed by atoms with van der Waals surface area (Å²) in [6.45, 7) is 16.5. The Labute approximate surface area is 129 Å². The molecule has 0 saturated heterocycles. The van der Waals surface area contributed by atoms with Crippen LogP contribution in [0.3, 0.4) is 0 Å². The molecule has 4 heteroatoms. The predicted octanol–water partition coefficient (Wildman–Crippen LogP) is 4.46. The molecule has 120 valence electrons. The van der Waals surface area contributed by atoms with Crippen LogP contribution in [-0.4, -0.2) is 23.1 Å². The van der Waals surface area contributed by atoms with Gasteiger partial charge in [0.15, 0.2) is 5.82 Å². The van der Waals surface area contributed by atoms with Crippen LogP contribution in [0.4, 0.5) is 5.82 Å². The zero-order chi connectivity index (χ0) is 16.0. The minimum atomic E-state index is -0.0444. The second-order valence-electron chi connectivity index (χ2n) is 6.13. The lowest BCUT2D eigenvalue weighted by Gasteiger charge is -2.23. The van der Waals surface area contributed by atoms with Crippen molar-refractivity contribution in [2.45, 2.75) is 66.9 Å². The summed E-state index contributed by atoms with van der Waals surface area (Å²) in [7, 11) is 0. The highest BCUT2D eigenvalue weighted by Gasteiger charge is 2.22. The Morgan fingerprint density at radius 1 is 1.10 bits per heavy atom. The maximum absolute atomic E-state index is 5.85. The Balaban J connectivity index is 3.25. The number of hydrogen-bond donors (Lipinski definition) is 1. The average molecular weight is 293 g/mol. The van der Waals surface area contributed by atoms with Crippen molar-refractivity contribution in [3.8, 4) is 0 Å². The molecule has 1 aromatic rings. The van der Waals surface area contributed by atoms with Gasteiger partial charge < -0.3 is 10.1 Å². The van der Waals surface area contributed by atoms with Crippen LogP contribution in [0.1, 0.15) is 77.1 Å². The molecule has 0 radical (unpaired) electrons. The van der Waals surface area contributed by atoms with Crippen LogP contribution in [0.15, 0.2) is 0 Å². The van der Waals surface area contributed by atoms with Gasteiger partial charge in [-0.15, -0.1) is 0 Å². The third-order valence-electron chi connectivity index (χ3n) is 3.48. The molecule has 1 N–H and O–H groups in total. The number of anilines is 1. The maximum atomic E-state index is 5.85. The standard InChI is InChI=1S/C17H31N3O/c1-8-10-18-16-14(11(3)4)13(7)19-17(20-16)15(12(5)6)21-9-2/h11-12,15H,8-10H2,1-7H3,(H,18,19,20). The highest BCUT2D eigenvalue weighted by Crippen LogP contribution is 2.30. The lowest BCUT2D eigenvalue weighted by Crippen LogP contribution is -2.18. The van der Waals surface area contributed by atoms with Crippen LogP contribution in [0.25, 0.3) is 0 Å². The van der Waals surface area contributed by atoms with Crippen molar-refractivity contribution in [3.05, 3.63) is 17.1 Å². The first-order valence-electron chi connectivity index (χ1n) is 8.16. The Morgan fingerprint density at radius 2 is 1.76 bits per heavy atom. The summed E-state index contributed by atoms with van der Waals surface area (Å²) in [5.41, 5.74) is 2.27. The fourth-order valence-corrected chi connectivity index (χ4v) is 2.54. The van der Waals surface area contributed by atoms with Gasteiger partial charge in [-0.2, -0.15) is 0 Å². The van der Waals surface area contributed by atoms with Crippen LogP contribution < -0.4 is 5.32 Å². The fourth-order valence-electron chi connectivity index (χ4n) is 2.54. The van der Waals surface area contributed by atoms with Gasteiger partial charge in [0.05, 0.1) is 0 Å². The number of aromatic nitrogens is 2. The maximum Gasteiger partial charge on any atom is 0.160 e. The summed E-state index contributed by atoms with van der Waals surface area (Å²) in [5, 5.41) is 3.45. The second kappa shape index (κ2) is 8.32. The summed E-state index contributed by atoms with van der Waals surface area (Å²) < 4.78 is 5.85. The topological polar surface area (TPSA) is 47.0 Å². The van der Waals surface area contributed by atoms with E-state index >= 15 is 0 Å². The van der Waals surface area contributed by atoms with Crippen molar-refractivity contribution in [3.63, 3.8) is 0 Å². The van der Waals surface area contributed by atoms with Crippen LogP contribution in [0.5, 0.6) is 0 Å². The average Bonchev–Trinajstić information content (AvgIpc) is 2.40. The summed E-state index contributed by atoms with van der Waals surface area (Å²) in [4.78, 5) is 9.51. The molecule has 1 aromatic heterocycles. The Kier molecular flexibility index (Phi) is 7.09. The molecule has 0 aromatic carbocycles. The van der Waals surface area contributed by atoms with E-state index in [0.29, 0.717) is 18.4 Å². The number of rotatable bonds is 8. The number of hydrogen-bond acceptors (Lipinski definition) is 4. The van der Waals surface area contributed by atoms with E-state index in [4.69, 9.17) is 14.7 Å². The van der Waals surface area contributed by atoms with E-state index in [-0.39, 0.29) is 6.10 Å². The molecule has 1 unspecified atom stereocenters. The molecule has 0 fully saturated rings. The molecular weight excluding hydrogens is 262 g/mol. The SMILES string of the molecule is CCCNc1nc(C(OCC)C(C)C)nc(C)c1C(C)C. The zero-order valence-electron chi connectivity index (χ0n) is 14.7. The molecule has 0 amide bonds. The molecule has 0 aliphatic rings. The molecule has 0 spiro atoms. The van der Waals surface area contributed by atoms with E-state index in [9.17, 15) is 0 Å². The summed E-state index contributed by atoms with van der Waals surface area (Å²) in [6, 6.07) is 0. The number of nitrogens with one attached hydrogen (secondary N) is 1. The smallest absolute Gasteiger partial charge is 0.160 e. The molecule has 4 nitrogen and oxygen atoms in total. The Hall–Kier alpha value is -1.16. The van der Waals surface area contributed by atoms with Crippen molar-refractivity contribution in [1.29, 1.82) is 0 Å². The minimum absolute atomic E-state index is 0.0444. The largest absolute Gasteiger partial charge is 0.370 e. The molecule has 0 aliphatic heterocycles. The fraction of sp³-hybridized carbons (Fsp3) is 0.765. The van der Waals surface area contributed by atoms with Gasteiger partial charge in [-0.3, -0.25) is 0 Å². The van der Waals surface area contributed by atoms with Crippen molar-refractivity contribution in [2.75, 3.05) is 18.5 Å². The number of aryl methyl sites for hydroxylation is 1. The third-order valence-corrected chi connectivity index (χ3v) is 3.48. The van der Waals surface area contributed by atoms with Crippen LogP contribution >= 0.6 is 0 Å². The van der Waals surface area contributed by atoms with Gasteiger partial charge in [0.25, 0.3) is 0 Å². The predicted molar refractivity (Wildman–Crippen MR) is 88.8 cm³/mol. The highest BCUT2D eigenvalue weighted by atomic mass is 16.5. The van der Waals surface area contributed by atoms with E-state index in [0.717, 1.165) is 30.3 Å². The van der Waals surface area contributed by atoms with Crippen molar-refractivity contribution >= 4 is 5.82 Å². The lowest BCUT2D eigenvalue weighted by molar-refractivity contribution is 0.0231. The summed E-state index contributed by atoms with van der Waals surface area (Å²) >= 11 is 0. The van der Waals surface area contributed by atoms with Gasteiger partial charge in [-0.05, 0) is 32.1 Å². The molecule has 0 aliphatic carbocycles. The summed E-state index contributed by atoms with van der Waals surface area (Å²) in [6.07, 6.45) is 1.03. The van der Waals surface area contributed by atoms with Crippen molar-refractivity contribution < 1.29 is 4.74 Å². The van der Waals surface area contributed by atoms with Gasteiger partial charge in [-0.1, -0.05) is 34.6 Å². The highest BCUT2D eigenvalue weighted by molar-refractivity contribution is 5.48. The lowest BCUT2D eigenvalue weighted by atomic mass is 10.0. The number of ether oxygens (including phenoxy) is 1. The van der Waals surface area contributed by atoms with E-state index in [1.807, 2.05) is 6.92 Å². The van der Waals surface area contributed by atoms with Crippen LogP contribution in [0, 0.1) is 12.8 Å². The minimum Gasteiger partial charge on any atom is -0.370 e. The van der Waals surface area contributed by atoms with E-state index in [2.05, 4.69) is 46.9 Å². The van der Waals surface area contributed by atoms with Gasteiger partial charge in [0.2, 0.25) is 0 Å². The molecule has 1 heterocycles. The molecule has 21 heavy (non-hydrogen) atoms. The zero-order valence-corrected chi connectivity index (χ0v) is 14.7. The molecule has 0 saturated carbocycles. The Bertz CT molecular complexity index is 444. The molecule has 1 rings (SSSR count). The normalized spacial score (nSPS) is 13.0. The first kappa shape index (κ1) is 17.9. The quantitative estimate of drug-likeness (QED) is 0.768. The van der Waals surface area contributed by atoms with E-state index < -0.39 is 0 Å². The monoisotopic (exact) mass is 293 g/mol. The van der Waals surface area contributed by atoms with E-state index in [1.54, 1.807) is 0 Å². The first-order chi connectivity index (χ1) is 9.92. The van der Waals surface area contributed by atoms with Crippen LogP contribution in [-0.2, 0) is 4.74 Å². The molecular formula is C17H31N3O. The molecule has 0 bridgehead atoms. The molecule has 1 atom stereocenters. The Morgan fingerprint density at radius 3 is 2.24 bits per heavy atom. The van der Waals surface area contributed by atoms with Gasteiger partial charge >= 0.3 is 0 Å². The first-order valence-corrected chi connectivity index (χ1v) is 8.16. The summed E-state index contributed by atoms with van der Waals surface area (Å²) in [5.74, 6) is 2.53. The third kappa shape index (κ3) is 4.67. The second-order valence-corrected chi connectivity index (χ2v) is 6.13. The van der Waals surface area contributed by atoms with Crippen molar-refractivity contribution in [2.24, 2.45) is 5.92 Å².